The molecule has 2 aromatic carbocycles. The molecule has 0 saturated heterocycles. The van der Waals surface area contributed by atoms with Gasteiger partial charge < -0.3 is 9.26 Å². The first kappa shape index (κ1) is 21.1. The standard InChI is InChI=1S/C23H24N4O3S/c1-4-29-17-11-9-16(10-12-17)27-22(28)18-7-5-6-8-19(18)24-23(27)31-14-21-25-20(26-30-21)13-15(2)3/h5-12,15H,4,13-14H2,1-3H3. The Balaban J connectivity index is 1.70. The van der Waals surface area contributed by atoms with Gasteiger partial charge in [-0.3, -0.25) is 9.36 Å². The Morgan fingerprint density at radius 1 is 1.10 bits per heavy atom. The highest BCUT2D eigenvalue weighted by Crippen LogP contribution is 2.25. The highest BCUT2D eigenvalue weighted by atomic mass is 32.2. The summed E-state index contributed by atoms with van der Waals surface area (Å²) in [5, 5.41) is 5.18. The van der Waals surface area contributed by atoms with Crippen molar-refractivity contribution in [2.45, 2.75) is 38.1 Å². The van der Waals surface area contributed by atoms with Gasteiger partial charge in [0.2, 0.25) is 5.89 Å². The minimum atomic E-state index is -0.122. The number of ether oxygens (including phenoxy) is 1. The van der Waals surface area contributed by atoms with Gasteiger partial charge in [0.05, 0.1) is 29.0 Å². The van der Waals surface area contributed by atoms with Crippen molar-refractivity contribution in [3.63, 3.8) is 0 Å². The van der Waals surface area contributed by atoms with Gasteiger partial charge in [-0.1, -0.05) is 42.9 Å². The predicted molar refractivity (Wildman–Crippen MR) is 121 cm³/mol. The number of fused-ring (bicyclic) bond motifs is 1. The van der Waals surface area contributed by atoms with E-state index in [-0.39, 0.29) is 5.56 Å². The van der Waals surface area contributed by atoms with Crippen LogP contribution in [0.1, 0.15) is 32.5 Å². The fraction of sp³-hybridized carbons (Fsp3) is 0.304. The number of thioether (sulfide) groups is 1. The van der Waals surface area contributed by atoms with Crippen LogP contribution in [0, 0.1) is 5.92 Å². The van der Waals surface area contributed by atoms with Crippen molar-refractivity contribution in [3.8, 4) is 11.4 Å². The second kappa shape index (κ2) is 9.34. The lowest BCUT2D eigenvalue weighted by molar-refractivity contribution is 0.340. The molecule has 0 atom stereocenters. The third-order valence-electron chi connectivity index (χ3n) is 4.58. The Morgan fingerprint density at radius 2 is 1.87 bits per heavy atom. The summed E-state index contributed by atoms with van der Waals surface area (Å²) in [6.07, 6.45) is 0.763. The molecule has 31 heavy (non-hydrogen) atoms. The molecule has 2 aromatic heterocycles. The summed E-state index contributed by atoms with van der Waals surface area (Å²) in [6, 6.07) is 14.8. The van der Waals surface area contributed by atoms with Gasteiger partial charge in [-0.25, -0.2) is 4.98 Å². The first-order valence-electron chi connectivity index (χ1n) is 10.2. The molecule has 0 aliphatic heterocycles. The van der Waals surface area contributed by atoms with E-state index in [4.69, 9.17) is 14.2 Å². The third-order valence-corrected chi connectivity index (χ3v) is 5.50. The summed E-state index contributed by atoms with van der Waals surface area (Å²) in [4.78, 5) is 22.5. The van der Waals surface area contributed by atoms with E-state index < -0.39 is 0 Å². The van der Waals surface area contributed by atoms with Crippen molar-refractivity contribution in [1.82, 2.24) is 19.7 Å². The molecule has 7 nitrogen and oxygen atoms in total. The van der Waals surface area contributed by atoms with Crippen molar-refractivity contribution >= 4 is 22.7 Å². The lowest BCUT2D eigenvalue weighted by Crippen LogP contribution is -2.21. The summed E-state index contributed by atoms with van der Waals surface area (Å²) in [5.41, 5.74) is 1.26. The van der Waals surface area contributed by atoms with Gasteiger partial charge in [0.25, 0.3) is 5.56 Å². The molecule has 4 rings (SSSR count). The monoisotopic (exact) mass is 436 g/mol. The SMILES string of the molecule is CCOc1ccc(-n2c(SCc3nc(CC(C)C)no3)nc3ccccc3c2=O)cc1. The maximum absolute atomic E-state index is 13.3. The van der Waals surface area contributed by atoms with Gasteiger partial charge in [-0.05, 0) is 49.2 Å². The largest absolute Gasteiger partial charge is 0.494 e. The van der Waals surface area contributed by atoms with Gasteiger partial charge in [-0.15, -0.1) is 0 Å². The predicted octanol–water partition coefficient (Wildman–Crippen LogP) is 4.66. The first-order valence-corrected chi connectivity index (χ1v) is 11.2. The fourth-order valence-corrected chi connectivity index (χ4v) is 4.07. The summed E-state index contributed by atoms with van der Waals surface area (Å²) >= 11 is 1.40. The van der Waals surface area contributed by atoms with Crippen LogP contribution in [-0.2, 0) is 12.2 Å². The van der Waals surface area contributed by atoms with E-state index in [1.807, 2.05) is 49.4 Å². The molecule has 0 radical (unpaired) electrons. The number of rotatable bonds is 8. The molecule has 0 spiro atoms. The Kier molecular flexibility index (Phi) is 6.36. The van der Waals surface area contributed by atoms with Crippen LogP contribution in [-0.4, -0.2) is 26.3 Å². The topological polar surface area (TPSA) is 83.0 Å². The molecular weight excluding hydrogens is 412 g/mol. The molecule has 8 heteroatoms. The van der Waals surface area contributed by atoms with Gasteiger partial charge in [-0.2, -0.15) is 4.98 Å². The van der Waals surface area contributed by atoms with Crippen molar-refractivity contribution in [1.29, 1.82) is 0 Å². The second-order valence-electron chi connectivity index (χ2n) is 7.47. The molecule has 4 aromatic rings. The van der Waals surface area contributed by atoms with Crippen molar-refractivity contribution in [2.75, 3.05) is 6.61 Å². The molecule has 0 saturated carbocycles. The summed E-state index contributed by atoms with van der Waals surface area (Å²) in [7, 11) is 0. The van der Waals surface area contributed by atoms with E-state index in [0.29, 0.717) is 46.1 Å². The van der Waals surface area contributed by atoms with Crippen LogP contribution >= 0.6 is 11.8 Å². The van der Waals surface area contributed by atoms with Crippen molar-refractivity contribution < 1.29 is 9.26 Å². The fourth-order valence-electron chi connectivity index (χ4n) is 3.22. The molecule has 0 bridgehead atoms. The average molecular weight is 437 g/mol. The molecule has 0 amide bonds. The van der Waals surface area contributed by atoms with Crippen molar-refractivity contribution in [2.24, 2.45) is 5.92 Å². The van der Waals surface area contributed by atoms with Gasteiger partial charge in [0.1, 0.15) is 5.75 Å². The van der Waals surface area contributed by atoms with Crippen LogP contribution < -0.4 is 10.3 Å². The smallest absolute Gasteiger partial charge is 0.266 e. The van der Waals surface area contributed by atoms with Crippen molar-refractivity contribution in [3.05, 3.63) is 70.6 Å². The Labute approximate surface area is 184 Å². The number of nitrogens with zero attached hydrogens (tertiary/aromatic N) is 4. The highest BCUT2D eigenvalue weighted by molar-refractivity contribution is 7.98. The average Bonchev–Trinajstić information content (AvgIpc) is 3.20. The van der Waals surface area contributed by atoms with E-state index in [2.05, 4.69) is 24.0 Å². The Hall–Kier alpha value is -3.13. The lowest BCUT2D eigenvalue weighted by Gasteiger charge is -2.13. The van der Waals surface area contributed by atoms with Crippen LogP contribution in [0.4, 0.5) is 0 Å². The zero-order chi connectivity index (χ0) is 21.8. The maximum Gasteiger partial charge on any atom is 0.266 e. The third kappa shape index (κ3) is 4.80. The van der Waals surface area contributed by atoms with E-state index in [1.54, 1.807) is 10.6 Å². The van der Waals surface area contributed by atoms with Crippen LogP contribution in [0.3, 0.4) is 0 Å². The quantitative estimate of drug-likeness (QED) is 0.293. The van der Waals surface area contributed by atoms with Gasteiger partial charge in [0.15, 0.2) is 11.0 Å². The van der Waals surface area contributed by atoms with E-state index in [9.17, 15) is 4.79 Å². The summed E-state index contributed by atoms with van der Waals surface area (Å²) in [6.45, 7) is 6.74. The molecule has 0 N–H and O–H groups in total. The Morgan fingerprint density at radius 3 is 2.61 bits per heavy atom. The number of benzene rings is 2. The van der Waals surface area contributed by atoms with E-state index >= 15 is 0 Å². The van der Waals surface area contributed by atoms with Crippen LogP contribution in [0.25, 0.3) is 16.6 Å². The Bertz CT molecular complexity index is 1230. The molecule has 0 aliphatic carbocycles. The molecule has 160 valence electrons. The van der Waals surface area contributed by atoms with E-state index in [0.717, 1.165) is 17.9 Å². The highest BCUT2D eigenvalue weighted by Gasteiger charge is 2.16. The molecule has 0 fully saturated rings. The number of hydrogen-bond acceptors (Lipinski definition) is 7. The molecule has 2 heterocycles. The zero-order valence-electron chi connectivity index (χ0n) is 17.7. The van der Waals surface area contributed by atoms with Crippen LogP contribution in [0.5, 0.6) is 5.75 Å². The first-order chi connectivity index (χ1) is 15.0. The number of hydrogen-bond donors (Lipinski definition) is 0. The van der Waals surface area contributed by atoms with Crippen LogP contribution in [0.15, 0.2) is 63.0 Å². The number of para-hydroxylation sites is 1. The van der Waals surface area contributed by atoms with E-state index in [1.165, 1.54) is 11.8 Å². The van der Waals surface area contributed by atoms with Gasteiger partial charge in [0, 0.05) is 6.42 Å². The van der Waals surface area contributed by atoms with Gasteiger partial charge >= 0.3 is 0 Å². The zero-order valence-corrected chi connectivity index (χ0v) is 18.6. The maximum atomic E-state index is 13.3. The summed E-state index contributed by atoms with van der Waals surface area (Å²) < 4.78 is 12.5. The second-order valence-corrected chi connectivity index (χ2v) is 8.41. The number of aromatic nitrogens is 4. The molecule has 0 aliphatic rings. The minimum Gasteiger partial charge on any atom is -0.494 e. The minimum absolute atomic E-state index is 0.122. The summed E-state index contributed by atoms with van der Waals surface area (Å²) in [5.74, 6) is 2.84. The molecule has 0 unspecified atom stereocenters. The lowest BCUT2D eigenvalue weighted by atomic mass is 10.1. The molecular formula is C23H24N4O3S. The normalized spacial score (nSPS) is 11.4. The van der Waals surface area contributed by atoms with Crippen LogP contribution in [0.2, 0.25) is 0 Å².